The first-order valence-electron chi connectivity index (χ1n) is 30.2. The highest BCUT2D eigenvalue weighted by atomic mass is 16.7. The second-order valence-electron chi connectivity index (χ2n) is 20.8. The van der Waals surface area contributed by atoms with Gasteiger partial charge in [-0.1, -0.05) is 247 Å². The van der Waals surface area contributed by atoms with E-state index < -0.39 is 49.5 Å². The Morgan fingerprint density at radius 1 is 0.472 bits per heavy atom. The van der Waals surface area contributed by atoms with Gasteiger partial charge in [-0.25, -0.2) is 0 Å². The van der Waals surface area contributed by atoms with E-state index in [1.54, 1.807) is 6.08 Å². The summed E-state index contributed by atoms with van der Waals surface area (Å²) in [5, 5.41) is 54.4. The molecule has 72 heavy (non-hydrogen) atoms. The van der Waals surface area contributed by atoms with Crippen molar-refractivity contribution in [3.63, 3.8) is 0 Å². The van der Waals surface area contributed by atoms with Crippen LogP contribution in [0.3, 0.4) is 0 Å². The van der Waals surface area contributed by atoms with Crippen molar-refractivity contribution in [2.45, 2.75) is 307 Å². The van der Waals surface area contributed by atoms with E-state index in [0.717, 1.165) is 64.2 Å². The predicted molar refractivity (Wildman–Crippen MR) is 304 cm³/mol. The summed E-state index contributed by atoms with van der Waals surface area (Å²) in [5.74, 6) is -0.190. The maximum atomic E-state index is 13.0. The second kappa shape index (κ2) is 52.1. The van der Waals surface area contributed by atoms with Crippen LogP contribution in [-0.2, 0) is 14.3 Å². The lowest BCUT2D eigenvalue weighted by molar-refractivity contribution is -0.302. The van der Waals surface area contributed by atoms with Crippen LogP contribution in [0.1, 0.15) is 264 Å². The number of nitrogens with one attached hydrogen (secondary N) is 1. The normalized spacial score (nSPS) is 19.7. The van der Waals surface area contributed by atoms with E-state index in [-0.39, 0.29) is 12.5 Å². The standard InChI is InChI=1S/C63H113NO8/c1-3-5-7-9-11-13-15-17-19-20-21-22-23-24-25-26-27-28-29-30-31-32-33-34-35-36-37-38-39-41-43-45-47-49-51-53-59(67)64-56(55-71-63-62(70)61(69)60(68)58(54-65)72-63)57(66)52-50-48-46-44-42-40-18-16-14-12-10-8-6-4-2/h14-17,20-21,23-24,42,44,50,52,56-58,60-63,65-66,68-70H,3-13,18-19,22,25-41,43,45-49,51,53-55H2,1-2H3,(H,64,67)/b16-14+,17-15-,21-20-,24-23-,44-42+,52-50+. The molecule has 0 saturated carbocycles. The van der Waals surface area contributed by atoms with Crippen LogP contribution in [0.2, 0.25) is 0 Å². The first-order valence-corrected chi connectivity index (χ1v) is 30.2. The molecule has 9 heteroatoms. The molecule has 1 fully saturated rings. The van der Waals surface area contributed by atoms with Crippen LogP contribution in [0.15, 0.2) is 72.9 Å². The third kappa shape index (κ3) is 40.9. The Hall–Kier alpha value is -2.37. The lowest BCUT2D eigenvalue weighted by atomic mass is 9.99. The van der Waals surface area contributed by atoms with Crippen LogP contribution in [-0.4, -0.2) is 87.5 Å². The fourth-order valence-corrected chi connectivity index (χ4v) is 9.20. The SMILES string of the molecule is CCCCCC/C=C/CC/C=C/CC/C=C/C(O)C(COC1OC(CO)C(O)C(O)C1O)NC(=O)CCCCCCCCCCCCCCCCCCCCCC/C=C\C/C=C\C/C=C\CCCCCCC. The largest absolute Gasteiger partial charge is 0.394 e. The quantitative estimate of drug-likeness (QED) is 0.0261. The van der Waals surface area contributed by atoms with Crippen LogP contribution < -0.4 is 5.32 Å². The molecule has 0 spiro atoms. The third-order valence-electron chi connectivity index (χ3n) is 14.0. The van der Waals surface area contributed by atoms with Crippen molar-refractivity contribution in [1.29, 1.82) is 0 Å². The molecular formula is C63H113NO8. The lowest BCUT2D eigenvalue weighted by Crippen LogP contribution is -2.60. The van der Waals surface area contributed by atoms with Gasteiger partial charge in [0, 0.05) is 6.42 Å². The smallest absolute Gasteiger partial charge is 0.220 e. The molecule has 7 atom stereocenters. The van der Waals surface area contributed by atoms with Crippen molar-refractivity contribution in [2.75, 3.05) is 13.2 Å². The number of unbranched alkanes of at least 4 members (excludes halogenated alkanes) is 31. The number of hydrogen-bond acceptors (Lipinski definition) is 8. The van der Waals surface area contributed by atoms with Gasteiger partial charge in [0.1, 0.15) is 24.4 Å². The maximum absolute atomic E-state index is 13.0. The molecule has 1 saturated heterocycles. The summed E-state index contributed by atoms with van der Waals surface area (Å²) >= 11 is 0. The Labute approximate surface area is 442 Å². The minimum Gasteiger partial charge on any atom is -0.394 e. The first-order chi connectivity index (χ1) is 35.3. The van der Waals surface area contributed by atoms with Crippen molar-refractivity contribution < 1.29 is 39.8 Å². The minimum atomic E-state index is -1.58. The van der Waals surface area contributed by atoms with Gasteiger partial charge in [0.15, 0.2) is 6.29 Å². The molecular weight excluding hydrogens is 899 g/mol. The number of rotatable bonds is 51. The number of allylic oxidation sites excluding steroid dienone is 11. The molecule has 418 valence electrons. The van der Waals surface area contributed by atoms with Gasteiger partial charge in [-0.15, -0.1) is 0 Å². The van der Waals surface area contributed by atoms with E-state index in [1.807, 2.05) is 6.08 Å². The van der Waals surface area contributed by atoms with Crippen molar-refractivity contribution in [3.05, 3.63) is 72.9 Å². The topological polar surface area (TPSA) is 149 Å². The highest BCUT2D eigenvalue weighted by molar-refractivity contribution is 5.76. The highest BCUT2D eigenvalue weighted by Crippen LogP contribution is 2.23. The highest BCUT2D eigenvalue weighted by Gasteiger charge is 2.44. The molecule has 0 aliphatic carbocycles. The van der Waals surface area contributed by atoms with Gasteiger partial charge in [0.25, 0.3) is 0 Å². The molecule has 1 amide bonds. The fraction of sp³-hybridized carbons (Fsp3) is 0.794. The molecule has 1 aliphatic heterocycles. The Bertz CT molecular complexity index is 1360. The van der Waals surface area contributed by atoms with Crippen molar-refractivity contribution >= 4 is 5.91 Å². The van der Waals surface area contributed by atoms with Gasteiger partial charge < -0.3 is 40.3 Å². The summed E-state index contributed by atoms with van der Waals surface area (Å²) in [7, 11) is 0. The number of hydrogen-bond donors (Lipinski definition) is 6. The molecule has 1 heterocycles. The molecule has 0 bridgehead atoms. The Morgan fingerprint density at radius 3 is 1.28 bits per heavy atom. The monoisotopic (exact) mass is 1010 g/mol. The summed E-state index contributed by atoms with van der Waals surface area (Å²) in [5.41, 5.74) is 0. The number of carbonyl (C=O) groups is 1. The van der Waals surface area contributed by atoms with Gasteiger partial charge in [-0.05, 0) is 83.5 Å². The molecule has 9 nitrogen and oxygen atoms in total. The molecule has 1 aliphatic rings. The number of aliphatic hydroxyl groups excluding tert-OH is 5. The van der Waals surface area contributed by atoms with Gasteiger partial charge in [0.05, 0.1) is 25.4 Å². The van der Waals surface area contributed by atoms with Gasteiger partial charge in [-0.3, -0.25) is 4.79 Å². The molecule has 6 N–H and O–H groups in total. The number of aliphatic hydroxyl groups is 5. The van der Waals surface area contributed by atoms with Gasteiger partial charge in [0.2, 0.25) is 5.91 Å². The van der Waals surface area contributed by atoms with Crippen molar-refractivity contribution in [2.24, 2.45) is 0 Å². The van der Waals surface area contributed by atoms with E-state index in [4.69, 9.17) is 9.47 Å². The van der Waals surface area contributed by atoms with E-state index in [0.29, 0.717) is 6.42 Å². The number of ether oxygens (including phenoxy) is 2. The summed E-state index contributed by atoms with van der Waals surface area (Å²) < 4.78 is 11.2. The molecule has 0 radical (unpaired) electrons. The fourth-order valence-electron chi connectivity index (χ4n) is 9.20. The van der Waals surface area contributed by atoms with Gasteiger partial charge >= 0.3 is 0 Å². The summed E-state index contributed by atoms with van der Waals surface area (Å²) in [4.78, 5) is 13.0. The van der Waals surface area contributed by atoms with E-state index in [2.05, 4.69) is 79.9 Å². The summed E-state index contributed by atoms with van der Waals surface area (Å²) in [6, 6.07) is -0.829. The first kappa shape index (κ1) is 67.6. The number of carbonyl (C=O) groups excluding carboxylic acids is 1. The van der Waals surface area contributed by atoms with E-state index in [9.17, 15) is 30.3 Å². The average Bonchev–Trinajstić information content (AvgIpc) is 3.38. The molecule has 1 rings (SSSR count). The minimum absolute atomic E-state index is 0.190. The Morgan fingerprint density at radius 2 is 0.833 bits per heavy atom. The maximum Gasteiger partial charge on any atom is 0.220 e. The third-order valence-corrected chi connectivity index (χ3v) is 14.0. The molecule has 0 aromatic rings. The van der Waals surface area contributed by atoms with Crippen LogP contribution in [0.25, 0.3) is 0 Å². The summed E-state index contributed by atoms with van der Waals surface area (Å²) in [6.45, 7) is 3.73. The molecule has 0 aromatic heterocycles. The van der Waals surface area contributed by atoms with Crippen LogP contribution in [0, 0.1) is 0 Å². The Kier molecular flexibility index (Phi) is 48.9. The molecule has 0 aromatic carbocycles. The lowest BCUT2D eigenvalue weighted by Gasteiger charge is -2.40. The van der Waals surface area contributed by atoms with Crippen LogP contribution in [0.4, 0.5) is 0 Å². The Balaban J connectivity index is 2.11. The van der Waals surface area contributed by atoms with Crippen molar-refractivity contribution in [3.8, 4) is 0 Å². The summed E-state index contributed by atoms with van der Waals surface area (Å²) in [6.07, 6.45) is 65.6. The predicted octanol–water partition coefficient (Wildman–Crippen LogP) is 15.2. The molecule has 7 unspecified atom stereocenters. The zero-order valence-electron chi connectivity index (χ0n) is 46.4. The van der Waals surface area contributed by atoms with E-state index in [1.165, 1.54) is 180 Å². The van der Waals surface area contributed by atoms with Crippen molar-refractivity contribution in [1.82, 2.24) is 5.32 Å². The number of amides is 1. The second-order valence-corrected chi connectivity index (χ2v) is 20.8. The van der Waals surface area contributed by atoms with E-state index >= 15 is 0 Å². The van der Waals surface area contributed by atoms with Crippen LogP contribution >= 0.6 is 0 Å². The van der Waals surface area contributed by atoms with Gasteiger partial charge in [-0.2, -0.15) is 0 Å². The van der Waals surface area contributed by atoms with Crippen LogP contribution in [0.5, 0.6) is 0 Å². The average molecular weight is 1010 g/mol. The zero-order valence-corrected chi connectivity index (χ0v) is 46.4. The zero-order chi connectivity index (χ0) is 52.2.